The van der Waals surface area contributed by atoms with Crippen molar-refractivity contribution >= 4 is 12.2 Å². The molecule has 0 radical (unpaired) electrons. The normalized spacial score (nSPS) is 11.1. The van der Waals surface area contributed by atoms with Crippen LogP contribution in [0, 0.1) is 22.7 Å². The lowest BCUT2D eigenvalue weighted by Crippen LogP contribution is -1.93. The molecular weight excluding hydrogens is 464 g/mol. The molecule has 0 saturated heterocycles. The fourth-order valence-corrected chi connectivity index (χ4v) is 4.36. The summed E-state index contributed by atoms with van der Waals surface area (Å²) in [5, 5.41) is 18.4. The van der Waals surface area contributed by atoms with E-state index in [-0.39, 0.29) is 0 Å². The number of rotatable bonds is 8. The highest BCUT2D eigenvalue weighted by molar-refractivity contribution is 5.88. The van der Waals surface area contributed by atoms with Crippen LogP contribution < -0.4 is 5.73 Å². The van der Waals surface area contributed by atoms with Gasteiger partial charge in [-0.05, 0) is 69.8 Å². The van der Waals surface area contributed by atoms with E-state index in [1.165, 1.54) is 6.20 Å². The van der Waals surface area contributed by atoms with E-state index in [4.69, 9.17) is 11.0 Å². The molecule has 4 rings (SSSR count). The average Bonchev–Trinajstić information content (AvgIpc) is 2.98. The van der Waals surface area contributed by atoms with Crippen LogP contribution in [0.25, 0.3) is 45.7 Å². The lowest BCUT2D eigenvalue weighted by atomic mass is 9.88. The fourth-order valence-electron chi connectivity index (χ4n) is 4.36. The van der Waals surface area contributed by atoms with Crippen LogP contribution >= 0.6 is 0 Å². The van der Waals surface area contributed by atoms with Crippen molar-refractivity contribution in [2.24, 2.45) is 5.73 Å². The smallest absolute Gasteiger partial charge is 0.0992 e. The molecule has 1 heterocycles. The van der Waals surface area contributed by atoms with Gasteiger partial charge in [0.15, 0.2) is 0 Å². The van der Waals surface area contributed by atoms with E-state index in [2.05, 4.69) is 78.8 Å². The van der Waals surface area contributed by atoms with E-state index in [1.807, 2.05) is 30.4 Å². The van der Waals surface area contributed by atoms with E-state index in [0.717, 1.165) is 50.2 Å². The zero-order chi connectivity index (χ0) is 26.9. The number of nitriles is 2. The van der Waals surface area contributed by atoms with Crippen molar-refractivity contribution in [3.8, 4) is 45.6 Å². The molecule has 0 aliphatic rings. The average molecular weight is 491 g/mol. The largest absolute Gasteiger partial charge is 0.405 e. The molecule has 4 nitrogen and oxygen atoms in total. The molecule has 0 atom stereocenters. The minimum Gasteiger partial charge on any atom is -0.405 e. The van der Waals surface area contributed by atoms with Gasteiger partial charge in [0.1, 0.15) is 0 Å². The van der Waals surface area contributed by atoms with Crippen molar-refractivity contribution in [3.05, 3.63) is 138 Å². The summed E-state index contributed by atoms with van der Waals surface area (Å²) in [6.45, 7) is 8.17. The highest BCUT2D eigenvalue weighted by atomic mass is 14.7. The first-order valence-corrected chi connectivity index (χ1v) is 12.1. The Hall–Kier alpha value is -5.45. The zero-order valence-corrected chi connectivity index (χ0v) is 20.9. The van der Waals surface area contributed by atoms with Crippen LogP contribution in [-0.4, -0.2) is 4.98 Å². The van der Waals surface area contributed by atoms with Gasteiger partial charge in [-0.3, -0.25) is 4.98 Å². The van der Waals surface area contributed by atoms with Crippen LogP contribution in [0.1, 0.15) is 22.3 Å². The molecule has 0 fully saturated rings. The Labute approximate surface area is 223 Å². The summed E-state index contributed by atoms with van der Waals surface area (Å²) in [6.07, 6.45) is 10.9. The highest BCUT2D eigenvalue weighted by Crippen LogP contribution is 2.36. The number of allylic oxidation sites excluding steroid dienone is 3. The van der Waals surface area contributed by atoms with E-state index in [9.17, 15) is 5.26 Å². The third-order valence-electron chi connectivity index (χ3n) is 6.30. The number of pyridine rings is 1. The van der Waals surface area contributed by atoms with Crippen LogP contribution in [-0.2, 0) is 6.42 Å². The fraction of sp³-hybridized carbons (Fsp3) is 0.0294. The molecule has 0 unspecified atom stereocenters. The summed E-state index contributed by atoms with van der Waals surface area (Å²) in [5.41, 5.74) is 15.6. The van der Waals surface area contributed by atoms with Crippen LogP contribution in [0.2, 0.25) is 0 Å². The van der Waals surface area contributed by atoms with E-state index in [1.54, 1.807) is 24.4 Å². The van der Waals surface area contributed by atoms with Crippen LogP contribution in [0.15, 0.2) is 116 Å². The van der Waals surface area contributed by atoms with Gasteiger partial charge >= 0.3 is 0 Å². The first kappa shape index (κ1) is 25.6. The van der Waals surface area contributed by atoms with Gasteiger partial charge in [0, 0.05) is 17.3 Å². The van der Waals surface area contributed by atoms with Crippen molar-refractivity contribution in [2.75, 3.05) is 0 Å². The maximum absolute atomic E-state index is 9.18. The van der Waals surface area contributed by atoms with E-state index >= 15 is 0 Å². The maximum atomic E-state index is 9.18. The lowest BCUT2D eigenvalue weighted by Gasteiger charge is -2.16. The summed E-state index contributed by atoms with van der Waals surface area (Å²) in [6, 6.07) is 28.4. The van der Waals surface area contributed by atoms with Gasteiger partial charge in [-0.25, -0.2) is 0 Å². The number of aromatic nitrogens is 1. The molecule has 182 valence electrons. The van der Waals surface area contributed by atoms with Crippen molar-refractivity contribution in [3.63, 3.8) is 0 Å². The Kier molecular flexibility index (Phi) is 8.09. The van der Waals surface area contributed by atoms with Crippen molar-refractivity contribution in [1.29, 1.82) is 10.5 Å². The Balaban J connectivity index is 1.65. The first-order valence-electron chi connectivity index (χ1n) is 12.1. The maximum Gasteiger partial charge on any atom is 0.0992 e. The molecule has 0 aliphatic heterocycles. The minimum absolute atomic E-state index is 0.539. The Bertz CT molecular complexity index is 1620. The van der Waals surface area contributed by atoms with Crippen molar-refractivity contribution < 1.29 is 0 Å². The number of nitrogens with zero attached hydrogens (tertiary/aromatic N) is 3. The molecule has 4 aromatic rings. The van der Waals surface area contributed by atoms with Gasteiger partial charge in [-0.15, -0.1) is 0 Å². The monoisotopic (exact) mass is 490 g/mol. The number of nitrogens with two attached hydrogens (primary N) is 1. The zero-order valence-electron chi connectivity index (χ0n) is 20.9. The second-order valence-electron chi connectivity index (χ2n) is 8.55. The number of benzene rings is 3. The summed E-state index contributed by atoms with van der Waals surface area (Å²) < 4.78 is 0. The summed E-state index contributed by atoms with van der Waals surface area (Å²) in [5.74, 6) is 0. The quantitative estimate of drug-likeness (QED) is 0.202. The molecule has 0 spiro atoms. The van der Waals surface area contributed by atoms with Gasteiger partial charge in [0.05, 0.1) is 23.4 Å². The second-order valence-corrected chi connectivity index (χ2v) is 8.55. The van der Waals surface area contributed by atoms with E-state index in [0.29, 0.717) is 17.6 Å². The van der Waals surface area contributed by atoms with Crippen LogP contribution in [0.3, 0.4) is 0 Å². The number of hydrogen-bond donors (Lipinski definition) is 1. The van der Waals surface area contributed by atoms with Crippen molar-refractivity contribution in [1.82, 2.24) is 4.98 Å². The lowest BCUT2D eigenvalue weighted by molar-refractivity contribution is 1.25. The SMILES string of the molecule is C=Cc1c(-c2ccc(C/C=C(C#N)\C=C/N)cc2)ccc(-c2ccc(-c3cc(C#N)ccn3)cc2)c1C=C. The molecular formula is C34H26N4. The summed E-state index contributed by atoms with van der Waals surface area (Å²) >= 11 is 0. The third kappa shape index (κ3) is 5.51. The predicted molar refractivity (Wildman–Crippen MR) is 156 cm³/mol. The Morgan fingerprint density at radius 3 is 1.92 bits per heavy atom. The molecule has 4 heteroatoms. The molecule has 38 heavy (non-hydrogen) atoms. The molecule has 0 saturated carbocycles. The minimum atomic E-state index is 0.539. The van der Waals surface area contributed by atoms with Gasteiger partial charge < -0.3 is 5.73 Å². The van der Waals surface area contributed by atoms with Crippen LogP contribution in [0.5, 0.6) is 0 Å². The molecule has 0 amide bonds. The summed E-state index contributed by atoms with van der Waals surface area (Å²) in [7, 11) is 0. The van der Waals surface area contributed by atoms with Crippen molar-refractivity contribution in [2.45, 2.75) is 6.42 Å². The highest BCUT2D eigenvalue weighted by Gasteiger charge is 2.13. The third-order valence-corrected chi connectivity index (χ3v) is 6.30. The Morgan fingerprint density at radius 2 is 1.39 bits per heavy atom. The topological polar surface area (TPSA) is 86.5 Å². The molecule has 2 N–H and O–H groups in total. The van der Waals surface area contributed by atoms with Gasteiger partial charge in [0.2, 0.25) is 0 Å². The molecule has 3 aromatic carbocycles. The first-order chi connectivity index (χ1) is 18.6. The van der Waals surface area contributed by atoms with Gasteiger partial charge in [0.25, 0.3) is 0 Å². The van der Waals surface area contributed by atoms with Gasteiger partial charge in [-0.2, -0.15) is 10.5 Å². The predicted octanol–water partition coefficient (Wildman–Crippen LogP) is 7.71. The second kappa shape index (κ2) is 12.0. The Morgan fingerprint density at radius 1 is 0.816 bits per heavy atom. The molecule has 0 bridgehead atoms. The number of hydrogen-bond acceptors (Lipinski definition) is 4. The summed E-state index contributed by atoms with van der Waals surface area (Å²) in [4.78, 5) is 4.40. The van der Waals surface area contributed by atoms with Crippen LogP contribution in [0.4, 0.5) is 0 Å². The molecule has 0 aliphatic carbocycles. The standard InChI is InChI=1S/C34H26N4/c1-3-30-31(4-2)33(28-11-13-29(14-12-28)34-21-26(23-37)18-20-38-34)16-15-32(30)27-9-7-24(8-10-27)5-6-25(22-36)17-19-35/h3-4,6-21H,1-2,5,35H2/b19-17-,25-6+. The van der Waals surface area contributed by atoms with Gasteiger partial charge in [-0.1, -0.05) is 92.0 Å². The van der Waals surface area contributed by atoms with E-state index < -0.39 is 0 Å². The molecule has 1 aromatic heterocycles.